The Morgan fingerprint density at radius 2 is 1.81 bits per heavy atom. The molecule has 6 rings (SSSR count). The Morgan fingerprint density at radius 1 is 1.11 bits per heavy atom. The summed E-state index contributed by atoms with van der Waals surface area (Å²) in [7, 11) is -4.60. The lowest BCUT2D eigenvalue weighted by Crippen LogP contribution is -2.33. The number of carbonyl (C=O) groups excluding carboxylic acids is 1. The molecule has 0 aliphatic heterocycles. The molecule has 16 heteroatoms. The Labute approximate surface area is 312 Å². The van der Waals surface area contributed by atoms with Crippen LogP contribution in [0.2, 0.25) is 5.02 Å². The van der Waals surface area contributed by atoms with Crippen molar-refractivity contribution < 1.29 is 26.2 Å². The van der Waals surface area contributed by atoms with Crippen molar-refractivity contribution in [3.63, 3.8) is 0 Å². The van der Waals surface area contributed by atoms with Gasteiger partial charge in [0, 0.05) is 65.6 Å². The van der Waals surface area contributed by atoms with Crippen molar-refractivity contribution in [1.29, 1.82) is 0 Å². The highest BCUT2D eigenvalue weighted by molar-refractivity contribution is 8.00. The Balaban J connectivity index is 1.53. The third-order valence-electron chi connectivity index (χ3n) is 8.79. The normalized spacial score (nSPS) is 15.0. The summed E-state index contributed by atoms with van der Waals surface area (Å²) in [6, 6.07) is 10.7. The molecule has 0 radical (unpaired) electrons. The molecule has 1 fully saturated rings. The molecule has 0 spiro atoms. The molecule has 0 saturated heterocycles. The van der Waals surface area contributed by atoms with Gasteiger partial charge in [0.2, 0.25) is 5.91 Å². The van der Waals surface area contributed by atoms with Gasteiger partial charge < -0.3 is 5.32 Å². The number of amides is 1. The molecule has 53 heavy (non-hydrogen) atoms. The predicted molar refractivity (Wildman–Crippen MR) is 204 cm³/mol. The molecule has 1 unspecified atom stereocenters. The summed E-state index contributed by atoms with van der Waals surface area (Å²) in [4.78, 5) is 18.5. The fourth-order valence-electron chi connectivity index (χ4n) is 6.09. The largest absolute Gasteiger partial charge is 0.347 e. The first-order valence-corrected chi connectivity index (χ1v) is 20.7. The maximum atomic E-state index is 14.5. The summed E-state index contributed by atoms with van der Waals surface area (Å²) in [5.74, 6) is 7.80. The topological polar surface area (TPSA) is 141 Å². The van der Waals surface area contributed by atoms with Gasteiger partial charge in [-0.2, -0.15) is 10.2 Å². The first-order chi connectivity index (χ1) is 24.9. The summed E-state index contributed by atoms with van der Waals surface area (Å²) in [5, 5.41) is 12.1. The number of carbonyl (C=O) groups is 1. The van der Waals surface area contributed by atoms with E-state index in [-0.39, 0.29) is 48.1 Å². The third kappa shape index (κ3) is 8.56. The van der Waals surface area contributed by atoms with E-state index in [0.29, 0.717) is 39.9 Å². The van der Waals surface area contributed by atoms with Gasteiger partial charge in [-0.25, -0.2) is 26.4 Å². The molecule has 1 saturated carbocycles. The van der Waals surface area contributed by atoms with Crippen LogP contribution in [0.3, 0.4) is 0 Å². The molecular formula is C37H38ClF2N7O4S2. The molecule has 3 heterocycles. The summed E-state index contributed by atoms with van der Waals surface area (Å²) < 4.78 is 72.7. The highest BCUT2D eigenvalue weighted by Gasteiger charge is 2.45. The molecule has 5 aromatic rings. The fourth-order valence-corrected chi connectivity index (χ4v) is 8.66. The number of nitrogens with one attached hydrogen (secondary N) is 2. The quantitative estimate of drug-likeness (QED) is 0.124. The van der Waals surface area contributed by atoms with Crippen LogP contribution in [0.4, 0.5) is 14.6 Å². The van der Waals surface area contributed by atoms with Gasteiger partial charge in [0.15, 0.2) is 15.7 Å². The van der Waals surface area contributed by atoms with Crippen LogP contribution in [-0.2, 0) is 44.4 Å². The molecule has 2 aromatic carbocycles. The molecule has 11 nitrogen and oxygen atoms in total. The van der Waals surface area contributed by atoms with Crippen molar-refractivity contribution in [3.05, 3.63) is 94.5 Å². The Hall–Kier alpha value is -4.78. The van der Waals surface area contributed by atoms with Gasteiger partial charge in [0.25, 0.3) is 0 Å². The van der Waals surface area contributed by atoms with Crippen LogP contribution in [0.15, 0.2) is 60.9 Å². The van der Waals surface area contributed by atoms with E-state index in [2.05, 4.69) is 37.9 Å². The lowest BCUT2D eigenvalue weighted by Gasteiger charge is -2.23. The van der Waals surface area contributed by atoms with E-state index in [1.54, 1.807) is 73.0 Å². The van der Waals surface area contributed by atoms with Crippen LogP contribution >= 0.6 is 11.6 Å². The van der Waals surface area contributed by atoms with E-state index in [9.17, 15) is 26.2 Å². The lowest BCUT2D eigenvalue weighted by molar-refractivity contribution is -0.122. The second-order valence-corrected chi connectivity index (χ2v) is 19.1. The zero-order valence-corrected chi connectivity index (χ0v) is 31.9. The van der Waals surface area contributed by atoms with Gasteiger partial charge in [-0.15, -0.1) is 0 Å². The van der Waals surface area contributed by atoms with Gasteiger partial charge in [-0.1, -0.05) is 23.6 Å². The van der Waals surface area contributed by atoms with Crippen molar-refractivity contribution in [2.75, 3.05) is 11.0 Å². The number of benzene rings is 2. The number of fused-ring (bicyclic) bond motifs is 1. The summed E-state index contributed by atoms with van der Waals surface area (Å²) in [5.41, 5.74) is 2.35. The second kappa shape index (κ2) is 14.6. The standard InChI is InChI=1S/C37H38ClF2N7O4S2/c1-37(2,53(50,51)27-8-9-27)15-13-26-7-10-28(29-11-12-30(38)33-35(29)46(3)44-36(33)45-52(4,5)49)34(42-26)31(21-23-19-24(39)22-25(40)20-23)43-32(48)14-18-47-17-6-16-41-47/h6-7,10-12,16-17,19-20,22,27,31H,4,8-9,14,18,21H2,1-3,5H3,(H,43,48)(H,44,45,49)/t31-,52?/m0/s1. The number of halogens is 3. The van der Waals surface area contributed by atoms with Crippen LogP contribution in [0, 0.1) is 23.5 Å². The molecule has 0 bridgehead atoms. The minimum absolute atomic E-state index is 0.0288. The van der Waals surface area contributed by atoms with Crippen LogP contribution in [0.1, 0.15) is 56.1 Å². The second-order valence-electron chi connectivity index (χ2n) is 13.7. The Kier molecular flexibility index (Phi) is 10.4. The summed E-state index contributed by atoms with van der Waals surface area (Å²) in [6.45, 7) is 3.39. The lowest BCUT2D eigenvalue weighted by atomic mass is 9.93. The van der Waals surface area contributed by atoms with Crippen molar-refractivity contribution in [2.24, 2.45) is 7.05 Å². The van der Waals surface area contributed by atoms with E-state index in [1.807, 2.05) is 0 Å². The average molecular weight is 782 g/mol. The zero-order chi connectivity index (χ0) is 38.3. The first-order valence-electron chi connectivity index (χ1n) is 16.7. The van der Waals surface area contributed by atoms with Crippen LogP contribution in [-0.4, -0.2) is 65.2 Å². The number of rotatable bonds is 12. The van der Waals surface area contributed by atoms with E-state index in [0.717, 1.165) is 6.07 Å². The van der Waals surface area contributed by atoms with Gasteiger partial charge in [-0.3, -0.25) is 18.9 Å². The van der Waals surface area contributed by atoms with Crippen molar-refractivity contribution in [1.82, 2.24) is 29.9 Å². The number of nitrogens with zero attached hydrogens (tertiary/aromatic N) is 5. The van der Waals surface area contributed by atoms with Crippen LogP contribution in [0.25, 0.3) is 22.0 Å². The van der Waals surface area contributed by atoms with Crippen LogP contribution in [0.5, 0.6) is 0 Å². The molecule has 3 aromatic heterocycles. The first kappa shape index (κ1) is 38.0. The number of aromatic nitrogens is 5. The zero-order valence-electron chi connectivity index (χ0n) is 29.5. The minimum Gasteiger partial charge on any atom is -0.347 e. The van der Waals surface area contributed by atoms with E-state index in [4.69, 9.17) is 16.6 Å². The van der Waals surface area contributed by atoms with E-state index >= 15 is 0 Å². The van der Waals surface area contributed by atoms with Crippen LogP contribution < -0.4 is 10.0 Å². The number of anilines is 1. The molecule has 2 atom stereocenters. The predicted octanol–water partition coefficient (Wildman–Crippen LogP) is 5.63. The van der Waals surface area contributed by atoms with Crippen molar-refractivity contribution >= 4 is 59.6 Å². The Bertz CT molecular complexity index is 2480. The van der Waals surface area contributed by atoms with Crippen molar-refractivity contribution in [2.45, 2.75) is 62.1 Å². The molecule has 278 valence electrons. The van der Waals surface area contributed by atoms with Gasteiger partial charge in [-0.05, 0) is 86.9 Å². The summed E-state index contributed by atoms with van der Waals surface area (Å²) in [6.07, 6.45) is 5.90. The molecular weight excluding hydrogens is 744 g/mol. The average Bonchev–Trinajstić information content (AvgIpc) is 3.71. The molecule has 2 N–H and O–H groups in total. The van der Waals surface area contributed by atoms with E-state index < -0.39 is 47.2 Å². The number of sulfone groups is 1. The van der Waals surface area contributed by atoms with Crippen molar-refractivity contribution in [3.8, 4) is 23.0 Å². The number of hydrogen-bond donors (Lipinski definition) is 2. The Morgan fingerprint density at radius 3 is 2.45 bits per heavy atom. The molecule has 1 aliphatic rings. The number of hydrogen-bond acceptors (Lipinski definition) is 7. The summed E-state index contributed by atoms with van der Waals surface area (Å²) >= 11 is 6.70. The molecule has 1 aliphatic carbocycles. The number of aryl methyl sites for hydroxylation is 2. The fraction of sp³-hybridized carbons (Fsp3) is 0.324. The highest BCUT2D eigenvalue weighted by Crippen LogP contribution is 2.40. The van der Waals surface area contributed by atoms with E-state index in [1.165, 1.54) is 18.4 Å². The maximum absolute atomic E-state index is 14.5. The monoisotopic (exact) mass is 781 g/mol. The third-order valence-corrected chi connectivity index (χ3v) is 12.6. The van der Waals surface area contributed by atoms with Gasteiger partial charge >= 0.3 is 0 Å². The highest BCUT2D eigenvalue weighted by atomic mass is 35.5. The van der Waals surface area contributed by atoms with Gasteiger partial charge in [0.1, 0.15) is 22.1 Å². The van der Waals surface area contributed by atoms with Gasteiger partial charge in [0.05, 0.1) is 32.9 Å². The SMILES string of the molecule is C=S(C)(=O)Nc1nn(C)c2c(-c3ccc(C#CC(C)(C)S(=O)(=O)C4CC4)nc3[C@H](Cc3cc(F)cc(F)c3)NC(=O)CCn3cccn3)ccc(Cl)c12. The number of pyridine rings is 1. The maximum Gasteiger partial charge on any atom is 0.222 e. The molecule has 1 amide bonds. The minimum atomic E-state index is -3.54. The smallest absolute Gasteiger partial charge is 0.222 e.